The van der Waals surface area contributed by atoms with Gasteiger partial charge in [0.1, 0.15) is 12.4 Å². The number of rotatable bonds is 7. The Morgan fingerprint density at radius 1 is 1.10 bits per heavy atom. The zero-order chi connectivity index (χ0) is 21.7. The van der Waals surface area contributed by atoms with Crippen molar-refractivity contribution >= 4 is 17.5 Å². The number of aromatic nitrogens is 2. The van der Waals surface area contributed by atoms with E-state index in [1.807, 2.05) is 51.1 Å². The smallest absolute Gasteiger partial charge is 0.273 e. The molecule has 2 aromatic carbocycles. The number of aryl methyl sites for hydroxylation is 3. The second-order valence-electron chi connectivity index (χ2n) is 7.04. The Kier molecular flexibility index (Phi) is 6.51. The molecule has 1 heterocycles. The number of benzene rings is 2. The van der Waals surface area contributed by atoms with Crippen LogP contribution < -0.4 is 15.4 Å². The van der Waals surface area contributed by atoms with Crippen LogP contribution in [-0.2, 0) is 13.2 Å². The SMILES string of the molecule is CCn1cc(NC(=O)c2cccc(COc3cc(C)ccc3C)c2)c(C(=O)NC)n1. The summed E-state index contributed by atoms with van der Waals surface area (Å²) in [7, 11) is 1.53. The summed E-state index contributed by atoms with van der Waals surface area (Å²) in [5.74, 6) is 0.157. The van der Waals surface area contributed by atoms with E-state index in [0.29, 0.717) is 24.4 Å². The van der Waals surface area contributed by atoms with E-state index < -0.39 is 0 Å². The molecule has 0 atom stereocenters. The minimum Gasteiger partial charge on any atom is -0.489 e. The predicted octanol–water partition coefficient (Wildman–Crippen LogP) is 3.71. The van der Waals surface area contributed by atoms with Gasteiger partial charge in [0.15, 0.2) is 5.69 Å². The Morgan fingerprint density at radius 2 is 1.90 bits per heavy atom. The highest BCUT2D eigenvalue weighted by atomic mass is 16.5. The second-order valence-corrected chi connectivity index (χ2v) is 7.04. The van der Waals surface area contributed by atoms with E-state index in [9.17, 15) is 9.59 Å². The molecule has 30 heavy (non-hydrogen) atoms. The fourth-order valence-corrected chi connectivity index (χ4v) is 2.98. The number of carbonyl (C=O) groups excluding carboxylic acids is 2. The standard InChI is InChI=1S/C23H26N4O3/c1-5-27-13-19(21(26-27)23(29)24-4)25-22(28)18-8-6-7-17(12-18)14-30-20-11-15(2)9-10-16(20)3/h6-13H,5,14H2,1-4H3,(H,24,29)(H,25,28). The zero-order valence-corrected chi connectivity index (χ0v) is 17.7. The summed E-state index contributed by atoms with van der Waals surface area (Å²) < 4.78 is 7.55. The van der Waals surface area contributed by atoms with Gasteiger partial charge in [0, 0.05) is 25.4 Å². The maximum atomic E-state index is 12.8. The molecule has 0 aliphatic rings. The van der Waals surface area contributed by atoms with Crippen LogP contribution in [-0.4, -0.2) is 28.6 Å². The first-order valence-corrected chi connectivity index (χ1v) is 9.81. The Bertz CT molecular complexity index is 1070. The summed E-state index contributed by atoms with van der Waals surface area (Å²) in [5.41, 5.74) is 4.09. The predicted molar refractivity (Wildman–Crippen MR) is 116 cm³/mol. The molecule has 0 radical (unpaired) electrons. The highest BCUT2D eigenvalue weighted by Crippen LogP contribution is 2.21. The van der Waals surface area contributed by atoms with Crippen molar-refractivity contribution < 1.29 is 14.3 Å². The first-order valence-electron chi connectivity index (χ1n) is 9.81. The van der Waals surface area contributed by atoms with Crippen LogP contribution in [0.5, 0.6) is 5.75 Å². The van der Waals surface area contributed by atoms with E-state index in [1.165, 1.54) is 7.05 Å². The number of hydrogen-bond acceptors (Lipinski definition) is 4. The molecule has 7 heteroatoms. The van der Waals surface area contributed by atoms with Gasteiger partial charge in [0.05, 0.1) is 5.69 Å². The fourth-order valence-electron chi connectivity index (χ4n) is 2.98. The summed E-state index contributed by atoms with van der Waals surface area (Å²) in [6.07, 6.45) is 1.65. The van der Waals surface area contributed by atoms with Crippen molar-refractivity contribution in [1.82, 2.24) is 15.1 Å². The third kappa shape index (κ3) is 4.86. The monoisotopic (exact) mass is 406 g/mol. The highest BCUT2D eigenvalue weighted by Gasteiger charge is 2.18. The van der Waals surface area contributed by atoms with Gasteiger partial charge < -0.3 is 15.4 Å². The largest absolute Gasteiger partial charge is 0.489 e. The van der Waals surface area contributed by atoms with E-state index in [1.54, 1.807) is 23.0 Å². The summed E-state index contributed by atoms with van der Waals surface area (Å²) in [4.78, 5) is 24.8. The summed E-state index contributed by atoms with van der Waals surface area (Å²) >= 11 is 0. The molecule has 0 spiro atoms. The minimum atomic E-state index is -0.354. The van der Waals surface area contributed by atoms with Gasteiger partial charge in [0.2, 0.25) is 0 Å². The van der Waals surface area contributed by atoms with Crippen LogP contribution in [0.3, 0.4) is 0 Å². The summed E-state index contributed by atoms with van der Waals surface area (Å²) in [6.45, 7) is 6.86. The lowest BCUT2D eigenvalue weighted by Crippen LogP contribution is -2.21. The van der Waals surface area contributed by atoms with Crippen LogP contribution in [0.25, 0.3) is 0 Å². The summed E-state index contributed by atoms with van der Waals surface area (Å²) in [5, 5.41) is 9.54. The number of nitrogens with one attached hydrogen (secondary N) is 2. The van der Waals surface area contributed by atoms with Crippen molar-refractivity contribution in [2.24, 2.45) is 0 Å². The van der Waals surface area contributed by atoms with Crippen LogP contribution in [0.15, 0.2) is 48.7 Å². The van der Waals surface area contributed by atoms with E-state index in [4.69, 9.17) is 4.74 Å². The molecular formula is C23H26N4O3. The van der Waals surface area contributed by atoms with E-state index in [-0.39, 0.29) is 17.5 Å². The molecular weight excluding hydrogens is 380 g/mol. The van der Waals surface area contributed by atoms with Gasteiger partial charge in [-0.25, -0.2) is 0 Å². The lowest BCUT2D eigenvalue weighted by atomic mass is 10.1. The molecule has 3 aromatic rings. The maximum absolute atomic E-state index is 12.8. The summed E-state index contributed by atoms with van der Waals surface area (Å²) in [6, 6.07) is 13.3. The number of anilines is 1. The number of hydrogen-bond donors (Lipinski definition) is 2. The molecule has 0 saturated heterocycles. The molecule has 2 amide bonds. The van der Waals surface area contributed by atoms with Crippen LogP contribution in [0.2, 0.25) is 0 Å². The van der Waals surface area contributed by atoms with E-state index >= 15 is 0 Å². The third-order valence-electron chi connectivity index (χ3n) is 4.70. The van der Waals surface area contributed by atoms with Gasteiger partial charge in [-0.15, -0.1) is 0 Å². The number of ether oxygens (including phenoxy) is 1. The van der Waals surface area contributed by atoms with Crippen molar-refractivity contribution in [3.8, 4) is 5.75 Å². The van der Waals surface area contributed by atoms with Gasteiger partial charge in [-0.2, -0.15) is 5.10 Å². The van der Waals surface area contributed by atoms with Crippen molar-refractivity contribution in [1.29, 1.82) is 0 Å². The first-order chi connectivity index (χ1) is 14.4. The quantitative estimate of drug-likeness (QED) is 0.626. The number of carbonyl (C=O) groups is 2. The number of nitrogens with zero attached hydrogens (tertiary/aromatic N) is 2. The van der Waals surface area contributed by atoms with E-state index in [2.05, 4.69) is 15.7 Å². The molecule has 1 aromatic heterocycles. The Labute approximate surface area is 176 Å². The Hall–Kier alpha value is -3.61. The molecule has 0 aliphatic heterocycles. The van der Waals surface area contributed by atoms with Gasteiger partial charge in [-0.05, 0) is 55.7 Å². The highest BCUT2D eigenvalue weighted by molar-refractivity contribution is 6.08. The van der Waals surface area contributed by atoms with Crippen LogP contribution in [0.1, 0.15) is 44.5 Å². The maximum Gasteiger partial charge on any atom is 0.273 e. The average molecular weight is 406 g/mol. The number of amides is 2. The van der Waals surface area contributed by atoms with Crippen molar-refractivity contribution in [3.05, 3.63) is 76.6 Å². The second kappa shape index (κ2) is 9.26. The molecule has 0 saturated carbocycles. The minimum absolute atomic E-state index is 0.183. The van der Waals surface area contributed by atoms with Gasteiger partial charge in [0.25, 0.3) is 11.8 Å². The van der Waals surface area contributed by atoms with Crippen LogP contribution in [0.4, 0.5) is 5.69 Å². The molecule has 7 nitrogen and oxygen atoms in total. The molecule has 156 valence electrons. The third-order valence-corrected chi connectivity index (χ3v) is 4.70. The molecule has 0 bridgehead atoms. The lowest BCUT2D eigenvalue weighted by Gasteiger charge is -2.11. The molecule has 0 aliphatic carbocycles. The van der Waals surface area contributed by atoms with Gasteiger partial charge in [-0.1, -0.05) is 24.3 Å². The fraction of sp³-hybridized carbons (Fsp3) is 0.261. The molecule has 2 N–H and O–H groups in total. The van der Waals surface area contributed by atoms with Crippen LogP contribution >= 0.6 is 0 Å². The van der Waals surface area contributed by atoms with Gasteiger partial charge in [-0.3, -0.25) is 14.3 Å². The first kappa shape index (κ1) is 21.1. The van der Waals surface area contributed by atoms with Crippen LogP contribution in [0, 0.1) is 13.8 Å². The molecule has 0 unspecified atom stereocenters. The van der Waals surface area contributed by atoms with Crippen molar-refractivity contribution in [3.63, 3.8) is 0 Å². The van der Waals surface area contributed by atoms with E-state index in [0.717, 1.165) is 22.4 Å². The lowest BCUT2D eigenvalue weighted by molar-refractivity contribution is 0.0958. The Balaban J connectivity index is 1.74. The Morgan fingerprint density at radius 3 is 2.63 bits per heavy atom. The van der Waals surface area contributed by atoms with Crippen molar-refractivity contribution in [2.75, 3.05) is 12.4 Å². The average Bonchev–Trinajstić information content (AvgIpc) is 3.16. The van der Waals surface area contributed by atoms with Gasteiger partial charge >= 0.3 is 0 Å². The molecule has 0 fully saturated rings. The topological polar surface area (TPSA) is 85.2 Å². The normalized spacial score (nSPS) is 10.5. The van der Waals surface area contributed by atoms with Crippen molar-refractivity contribution in [2.45, 2.75) is 33.9 Å². The zero-order valence-electron chi connectivity index (χ0n) is 17.7. The molecule has 3 rings (SSSR count).